The minimum Gasteiger partial charge on any atom is -0.455 e. The Morgan fingerprint density at radius 3 is 1.34 bits per heavy atom. The maximum Gasteiger partial charge on any atom is 0.164 e. The summed E-state index contributed by atoms with van der Waals surface area (Å²) in [5, 5.41) is 7.09. The molecule has 0 aliphatic carbocycles. The van der Waals surface area contributed by atoms with Crippen LogP contribution < -0.4 is 0 Å². The van der Waals surface area contributed by atoms with Gasteiger partial charge in [0.2, 0.25) is 0 Å². The van der Waals surface area contributed by atoms with E-state index in [-0.39, 0.29) is 0 Å². The maximum atomic E-state index is 6.76. The fourth-order valence-electron chi connectivity index (χ4n) is 13.1. The van der Waals surface area contributed by atoms with Crippen LogP contribution in [-0.4, -0.2) is 24.1 Å². The number of aromatic nitrogens is 5. The van der Waals surface area contributed by atoms with Crippen molar-refractivity contribution >= 4 is 65.6 Å². The molecule has 0 N–H and O–H groups in total. The average Bonchev–Trinajstić information content (AvgIpc) is 1.84. The van der Waals surface area contributed by atoms with Gasteiger partial charge in [-0.15, -0.1) is 0 Å². The second kappa shape index (κ2) is 20.8. The van der Waals surface area contributed by atoms with Gasteiger partial charge in [-0.2, -0.15) is 0 Å². The number of rotatable bonds is 10. The van der Waals surface area contributed by atoms with Crippen molar-refractivity contribution in [2.45, 2.75) is 6.92 Å². The van der Waals surface area contributed by atoms with Crippen LogP contribution >= 0.6 is 0 Å². The molecule has 0 amide bonds. The SMILES string of the molecule is Cc1ccc2c(c1)c1cc(-c3cccc(-c4ccc5c(c4)c4ccccc4n5-c4cccc(-c5cc(-c6ccc(-c7cccc(-c8nc(-c9ccccc9)nc(-c9ccccc9)n8)c7)cc6)c6oc7ccccc7c6c5)c4)c3)ccc1n2-c1ccccc1. The standard InChI is InChI=1S/C82H53N5O/c1-52-34-41-75-70(44-52)72-49-62(40-43-77(72)86(75)65-27-9-4-10-28-65)59-24-15-23-58(45-59)61-39-42-76-71(48-61)67-30-11-13-32-74(67)87(76)66-29-17-25-60(47-66)64-50-69(79-73(51-64)68-31-12-14-33-78(68)88-79)54-37-35-53(36-38-54)57-22-16-26-63(46-57)82-84-80(55-18-5-2-6-19-55)83-81(85-82)56-20-7-3-8-21-56/h2-51H,1H3. The van der Waals surface area contributed by atoms with Gasteiger partial charge in [0.25, 0.3) is 0 Å². The molecule has 0 bridgehead atoms. The summed E-state index contributed by atoms with van der Waals surface area (Å²) in [5.41, 5.74) is 23.9. The lowest BCUT2D eigenvalue weighted by Crippen LogP contribution is -2.00. The number of hydrogen-bond donors (Lipinski definition) is 0. The number of para-hydroxylation sites is 3. The van der Waals surface area contributed by atoms with Gasteiger partial charge in [-0.3, -0.25) is 0 Å². The highest BCUT2D eigenvalue weighted by atomic mass is 16.3. The van der Waals surface area contributed by atoms with Gasteiger partial charge in [-0.25, -0.2) is 15.0 Å². The van der Waals surface area contributed by atoms with Gasteiger partial charge in [0, 0.05) is 65.9 Å². The van der Waals surface area contributed by atoms with Crippen LogP contribution in [0, 0.1) is 6.92 Å². The van der Waals surface area contributed by atoms with E-state index in [1.165, 1.54) is 60.4 Å². The van der Waals surface area contributed by atoms with Crippen LogP contribution in [0.2, 0.25) is 0 Å². The van der Waals surface area contributed by atoms with Gasteiger partial charge in [-0.1, -0.05) is 212 Å². The Hall–Kier alpha value is -11.7. The molecule has 0 aliphatic rings. The van der Waals surface area contributed by atoms with Gasteiger partial charge in [0.1, 0.15) is 11.2 Å². The van der Waals surface area contributed by atoms with E-state index in [0.29, 0.717) is 17.5 Å². The Labute approximate surface area is 508 Å². The first kappa shape index (κ1) is 50.8. The van der Waals surface area contributed by atoms with Crippen LogP contribution in [0.15, 0.2) is 308 Å². The Balaban J connectivity index is 0.717. The van der Waals surface area contributed by atoms with Crippen molar-refractivity contribution in [2.75, 3.05) is 0 Å². The van der Waals surface area contributed by atoms with E-state index in [1.54, 1.807) is 0 Å². The highest BCUT2D eigenvalue weighted by molar-refractivity contribution is 6.13. The number of nitrogens with zero attached hydrogens (tertiary/aromatic N) is 5. The normalized spacial score (nSPS) is 11.7. The van der Waals surface area contributed by atoms with E-state index in [0.717, 1.165) is 94.4 Å². The molecule has 88 heavy (non-hydrogen) atoms. The molecule has 6 heteroatoms. The molecule has 6 nitrogen and oxygen atoms in total. The van der Waals surface area contributed by atoms with E-state index in [1.807, 2.05) is 66.7 Å². The van der Waals surface area contributed by atoms with Crippen LogP contribution in [0.3, 0.4) is 0 Å². The second-order valence-electron chi connectivity index (χ2n) is 22.8. The lowest BCUT2D eigenvalue weighted by molar-refractivity contribution is 0.670. The Kier molecular flexibility index (Phi) is 12.0. The Morgan fingerprint density at radius 1 is 0.250 bits per heavy atom. The lowest BCUT2D eigenvalue weighted by atomic mass is 9.94. The minimum absolute atomic E-state index is 0.620. The van der Waals surface area contributed by atoms with Crippen molar-refractivity contribution in [3.63, 3.8) is 0 Å². The summed E-state index contributed by atoms with van der Waals surface area (Å²) in [6.07, 6.45) is 0. The molecule has 17 rings (SSSR count). The van der Waals surface area contributed by atoms with E-state index in [4.69, 9.17) is 19.4 Å². The molecular formula is C82H53N5O. The number of benzene rings is 13. The fourth-order valence-corrected chi connectivity index (χ4v) is 13.1. The summed E-state index contributed by atoms with van der Waals surface area (Å²) in [4.78, 5) is 15.0. The predicted octanol–water partition coefficient (Wildman–Crippen LogP) is 21.6. The van der Waals surface area contributed by atoms with Gasteiger partial charge in [0.15, 0.2) is 17.5 Å². The Bertz CT molecular complexity index is 5510. The molecule has 0 radical (unpaired) electrons. The summed E-state index contributed by atoms with van der Waals surface area (Å²) >= 11 is 0. The van der Waals surface area contributed by atoms with Crippen LogP contribution in [0.25, 0.3) is 167 Å². The van der Waals surface area contributed by atoms with Crippen LogP contribution in [0.5, 0.6) is 0 Å². The largest absolute Gasteiger partial charge is 0.455 e. The third kappa shape index (κ3) is 8.77. The highest BCUT2D eigenvalue weighted by Gasteiger charge is 2.20. The molecular weight excluding hydrogens is 1070 g/mol. The predicted molar refractivity (Wildman–Crippen MR) is 364 cm³/mol. The number of furan rings is 1. The molecule has 0 fully saturated rings. The van der Waals surface area contributed by atoms with Gasteiger partial charge >= 0.3 is 0 Å². The zero-order valence-electron chi connectivity index (χ0n) is 48.0. The minimum atomic E-state index is 0.620. The average molecular weight is 1120 g/mol. The molecule has 0 aliphatic heterocycles. The third-order valence-electron chi connectivity index (χ3n) is 17.4. The van der Waals surface area contributed by atoms with Crippen molar-refractivity contribution in [2.24, 2.45) is 0 Å². The number of aryl methyl sites for hydroxylation is 1. The molecule has 4 aromatic heterocycles. The van der Waals surface area contributed by atoms with E-state index >= 15 is 0 Å². The van der Waals surface area contributed by atoms with Crippen molar-refractivity contribution in [1.29, 1.82) is 0 Å². The van der Waals surface area contributed by atoms with Gasteiger partial charge in [-0.05, 0) is 154 Å². The summed E-state index contributed by atoms with van der Waals surface area (Å²) < 4.78 is 11.6. The zero-order valence-corrected chi connectivity index (χ0v) is 48.0. The van der Waals surface area contributed by atoms with Crippen molar-refractivity contribution in [3.05, 3.63) is 309 Å². The fraction of sp³-hybridized carbons (Fsp3) is 0.0122. The summed E-state index contributed by atoms with van der Waals surface area (Å²) in [7, 11) is 0. The van der Waals surface area contributed by atoms with Crippen molar-refractivity contribution in [3.8, 4) is 101 Å². The van der Waals surface area contributed by atoms with Crippen LogP contribution in [-0.2, 0) is 0 Å². The molecule has 13 aromatic carbocycles. The first-order chi connectivity index (χ1) is 43.5. The molecule has 0 unspecified atom stereocenters. The molecule has 4 heterocycles. The molecule has 412 valence electrons. The lowest BCUT2D eigenvalue weighted by Gasteiger charge is -2.13. The highest BCUT2D eigenvalue weighted by Crippen LogP contribution is 2.43. The van der Waals surface area contributed by atoms with Crippen LogP contribution in [0.1, 0.15) is 5.56 Å². The van der Waals surface area contributed by atoms with E-state index < -0.39 is 0 Å². The van der Waals surface area contributed by atoms with Gasteiger partial charge in [0.05, 0.1) is 22.1 Å². The summed E-state index contributed by atoms with van der Waals surface area (Å²) in [6, 6.07) is 109. The maximum absolute atomic E-state index is 6.76. The molecule has 0 saturated carbocycles. The second-order valence-corrected chi connectivity index (χ2v) is 22.8. The van der Waals surface area contributed by atoms with Crippen molar-refractivity contribution < 1.29 is 4.42 Å². The van der Waals surface area contributed by atoms with Crippen LogP contribution in [0.4, 0.5) is 0 Å². The molecule has 0 spiro atoms. The summed E-state index contributed by atoms with van der Waals surface area (Å²) in [5.74, 6) is 1.89. The topological polar surface area (TPSA) is 61.7 Å². The Morgan fingerprint density at radius 2 is 0.670 bits per heavy atom. The summed E-state index contributed by atoms with van der Waals surface area (Å²) in [6.45, 7) is 2.18. The molecule has 0 atom stereocenters. The van der Waals surface area contributed by atoms with Crippen molar-refractivity contribution in [1.82, 2.24) is 24.1 Å². The number of fused-ring (bicyclic) bond motifs is 9. The smallest absolute Gasteiger partial charge is 0.164 e. The van der Waals surface area contributed by atoms with Gasteiger partial charge < -0.3 is 13.6 Å². The first-order valence-corrected chi connectivity index (χ1v) is 29.9. The van der Waals surface area contributed by atoms with E-state index in [2.05, 4.69) is 253 Å². The quantitative estimate of drug-likeness (QED) is 0.137. The van der Waals surface area contributed by atoms with E-state index in [9.17, 15) is 0 Å². The first-order valence-electron chi connectivity index (χ1n) is 29.9. The molecule has 0 saturated heterocycles. The zero-order chi connectivity index (χ0) is 58.2. The number of hydrogen-bond acceptors (Lipinski definition) is 4. The third-order valence-corrected chi connectivity index (χ3v) is 17.4. The monoisotopic (exact) mass is 1120 g/mol. The molecule has 17 aromatic rings.